The number of amides is 1. The molecule has 1 aromatic carbocycles. The van der Waals surface area contributed by atoms with Gasteiger partial charge in [-0.2, -0.15) is 0 Å². The molecule has 2 saturated heterocycles. The van der Waals surface area contributed by atoms with Crippen LogP contribution in [-0.4, -0.2) is 62.8 Å². The van der Waals surface area contributed by atoms with Gasteiger partial charge in [-0.1, -0.05) is 18.2 Å². The van der Waals surface area contributed by atoms with Crippen molar-refractivity contribution in [3.63, 3.8) is 0 Å². The highest BCUT2D eigenvalue weighted by atomic mass is 32.2. The normalized spacial score (nSPS) is 30.1. The Hall–Kier alpha value is -1.48. The number of fused-ring (bicyclic) bond motifs is 1. The van der Waals surface area contributed by atoms with E-state index in [4.69, 9.17) is 9.47 Å². The van der Waals surface area contributed by atoms with Gasteiger partial charge < -0.3 is 19.9 Å². The minimum atomic E-state index is -3.48. The fraction of sp³-hybridized carbons (Fsp3) is 0.533. The SMILES string of the molecule is O=C(CCS(=O)(=O)c1ccccc1)N[C@@H]1CO[C@H]2[C@@H]1OC[C@H]2O. The van der Waals surface area contributed by atoms with Gasteiger partial charge in [-0.25, -0.2) is 8.42 Å². The molecule has 1 amide bonds. The molecule has 0 saturated carbocycles. The summed E-state index contributed by atoms with van der Waals surface area (Å²) >= 11 is 0. The molecular weight excluding hydrogens is 322 g/mol. The van der Waals surface area contributed by atoms with Gasteiger partial charge in [0.1, 0.15) is 18.3 Å². The zero-order valence-corrected chi connectivity index (χ0v) is 13.2. The number of ether oxygens (including phenoxy) is 2. The summed E-state index contributed by atoms with van der Waals surface area (Å²) in [5.74, 6) is -0.627. The molecule has 0 radical (unpaired) electrons. The predicted molar refractivity (Wildman–Crippen MR) is 80.5 cm³/mol. The smallest absolute Gasteiger partial charge is 0.221 e. The average molecular weight is 341 g/mol. The van der Waals surface area contributed by atoms with Crippen molar-refractivity contribution < 1.29 is 27.8 Å². The lowest BCUT2D eigenvalue weighted by Crippen LogP contribution is -2.44. The molecule has 2 fully saturated rings. The second-order valence-corrected chi connectivity index (χ2v) is 7.83. The average Bonchev–Trinajstić information content (AvgIpc) is 3.10. The highest BCUT2D eigenvalue weighted by Crippen LogP contribution is 2.27. The summed E-state index contributed by atoms with van der Waals surface area (Å²) in [5, 5.41) is 12.4. The fourth-order valence-electron chi connectivity index (χ4n) is 2.85. The van der Waals surface area contributed by atoms with Gasteiger partial charge in [0, 0.05) is 6.42 Å². The fourth-order valence-corrected chi connectivity index (χ4v) is 4.12. The Morgan fingerprint density at radius 3 is 2.61 bits per heavy atom. The molecule has 2 aliphatic rings. The van der Waals surface area contributed by atoms with E-state index in [2.05, 4.69) is 5.32 Å². The van der Waals surface area contributed by atoms with Crippen LogP contribution < -0.4 is 5.32 Å². The molecule has 0 spiro atoms. The molecule has 1 aromatic rings. The molecule has 3 rings (SSSR count). The van der Waals surface area contributed by atoms with Crippen molar-refractivity contribution in [2.75, 3.05) is 19.0 Å². The number of hydrogen-bond acceptors (Lipinski definition) is 6. The number of carbonyl (C=O) groups excluding carboxylic acids is 1. The number of nitrogens with one attached hydrogen (secondary N) is 1. The number of benzene rings is 1. The first-order chi connectivity index (χ1) is 11.0. The summed E-state index contributed by atoms with van der Waals surface area (Å²) in [6, 6.07) is 7.69. The first-order valence-electron chi connectivity index (χ1n) is 7.46. The number of rotatable bonds is 5. The van der Waals surface area contributed by atoms with Crippen molar-refractivity contribution in [2.24, 2.45) is 0 Å². The van der Waals surface area contributed by atoms with Gasteiger partial charge >= 0.3 is 0 Å². The molecule has 23 heavy (non-hydrogen) atoms. The van der Waals surface area contributed by atoms with E-state index >= 15 is 0 Å². The summed E-state index contributed by atoms with van der Waals surface area (Å²) in [7, 11) is -3.48. The van der Waals surface area contributed by atoms with Crippen LogP contribution in [0.25, 0.3) is 0 Å². The summed E-state index contributed by atoms with van der Waals surface area (Å²) in [5.41, 5.74) is 0. The van der Waals surface area contributed by atoms with Crippen LogP contribution in [0.1, 0.15) is 6.42 Å². The van der Waals surface area contributed by atoms with Crippen molar-refractivity contribution in [3.8, 4) is 0 Å². The third kappa shape index (κ3) is 3.55. The molecule has 4 atom stereocenters. The number of sulfone groups is 1. The van der Waals surface area contributed by atoms with E-state index in [1.165, 1.54) is 12.1 Å². The zero-order valence-electron chi connectivity index (χ0n) is 12.4. The Morgan fingerprint density at radius 1 is 1.17 bits per heavy atom. The van der Waals surface area contributed by atoms with Gasteiger partial charge in [0.2, 0.25) is 5.91 Å². The minimum Gasteiger partial charge on any atom is -0.388 e. The van der Waals surface area contributed by atoms with Gasteiger partial charge in [0.25, 0.3) is 0 Å². The standard InChI is InChI=1S/C15H19NO6S/c17-12-9-22-14-11(8-21-15(12)14)16-13(18)6-7-23(19,20)10-4-2-1-3-5-10/h1-5,11-12,14-15,17H,6-9H2,(H,16,18)/t11-,12-,14-,15-/m1/s1. The van der Waals surface area contributed by atoms with Crippen molar-refractivity contribution in [3.05, 3.63) is 30.3 Å². The summed E-state index contributed by atoms with van der Waals surface area (Å²) < 4.78 is 35.1. The molecule has 0 aromatic heterocycles. The molecular formula is C15H19NO6S. The molecule has 7 nitrogen and oxygen atoms in total. The van der Waals surface area contributed by atoms with Gasteiger partial charge in [-0.3, -0.25) is 4.79 Å². The van der Waals surface area contributed by atoms with Crippen LogP contribution in [0.5, 0.6) is 0 Å². The molecule has 2 heterocycles. The van der Waals surface area contributed by atoms with Crippen molar-refractivity contribution in [1.29, 1.82) is 0 Å². The van der Waals surface area contributed by atoms with Crippen LogP contribution in [0.2, 0.25) is 0 Å². The van der Waals surface area contributed by atoms with E-state index in [0.29, 0.717) is 0 Å². The Labute approximate surface area is 134 Å². The van der Waals surface area contributed by atoms with Crippen molar-refractivity contribution in [2.45, 2.75) is 35.7 Å². The zero-order chi connectivity index (χ0) is 16.4. The number of aliphatic hydroxyl groups excluding tert-OH is 1. The van der Waals surface area contributed by atoms with Crippen LogP contribution in [-0.2, 0) is 24.1 Å². The molecule has 0 aliphatic carbocycles. The maximum Gasteiger partial charge on any atom is 0.221 e. The van der Waals surface area contributed by atoms with Crippen LogP contribution in [0.15, 0.2) is 35.2 Å². The third-order valence-corrected chi connectivity index (χ3v) is 5.81. The Morgan fingerprint density at radius 2 is 1.87 bits per heavy atom. The molecule has 126 valence electrons. The molecule has 2 N–H and O–H groups in total. The highest BCUT2D eigenvalue weighted by Gasteiger charge is 2.47. The largest absolute Gasteiger partial charge is 0.388 e. The second kappa shape index (κ2) is 6.56. The van der Waals surface area contributed by atoms with E-state index in [-0.39, 0.29) is 48.3 Å². The lowest BCUT2D eigenvalue weighted by Gasteiger charge is -2.17. The van der Waals surface area contributed by atoms with Crippen molar-refractivity contribution >= 4 is 15.7 Å². The molecule has 8 heteroatoms. The summed E-state index contributed by atoms with van der Waals surface area (Å²) in [6.07, 6.45) is -1.61. The third-order valence-electron chi connectivity index (χ3n) is 4.07. The van der Waals surface area contributed by atoms with E-state index in [1.54, 1.807) is 18.2 Å². The number of carbonyl (C=O) groups is 1. The van der Waals surface area contributed by atoms with Crippen LogP contribution in [0, 0.1) is 0 Å². The lowest BCUT2D eigenvalue weighted by atomic mass is 10.1. The lowest BCUT2D eigenvalue weighted by molar-refractivity contribution is -0.122. The van der Waals surface area contributed by atoms with Crippen LogP contribution in [0.4, 0.5) is 0 Å². The van der Waals surface area contributed by atoms with E-state index in [9.17, 15) is 18.3 Å². The monoisotopic (exact) mass is 341 g/mol. The van der Waals surface area contributed by atoms with Gasteiger partial charge in [-0.05, 0) is 12.1 Å². The Kier molecular flexibility index (Phi) is 4.67. The van der Waals surface area contributed by atoms with Gasteiger partial charge in [0.05, 0.1) is 29.9 Å². The maximum absolute atomic E-state index is 12.1. The number of aliphatic hydroxyl groups is 1. The second-order valence-electron chi connectivity index (χ2n) is 5.72. The van der Waals surface area contributed by atoms with Gasteiger partial charge in [-0.15, -0.1) is 0 Å². The topological polar surface area (TPSA) is 102 Å². The van der Waals surface area contributed by atoms with Gasteiger partial charge in [0.15, 0.2) is 9.84 Å². The Bertz CT molecular complexity index is 662. The molecule has 0 unspecified atom stereocenters. The molecule has 0 bridgehead atoms. The number of hydrogen-bond donors (Lipinski definition) is 2. The van der Waals surface area contributed by atoms with Crippen molar-refractivity contribution in [1.82, 2.24) is 5.32 Å². The predicted octanol–water partition coefficient (Wildman–Crippen LogP) is -0.506. The first kappa shape index (κ1) is 16.4. The van der Waals surface area contributed by atoms with E-state index < -0.39 is 22.0 Å². The quantitative estimate of drug-likeness (QED) is 0.748. The van der Waals surface area contributed by atoms with E-state index in [0.717, 1.165) is 0 Å². The first-order valence-corrected chi connectivity index (χ1v) is 9.11. The van der Waals surface area contributed by atoms with Crippen LogP contribution >= 0.6 is 0 Å². The van der Waals surface area contributed by atoms with Crippen LogP contribution in [0.3, 0.4) is 0 Å². The molecule has 2 aliphatic heterocycles. The Balaban J connectivity index is 1.53. The minimum absolute atomic E-state index is 0.131. The van der Waals surface area contributed by atoms with E-state index in [1.807, 2.05) is 0 Å². The summed E-state index contributed by atoms with van der Waals surface area (Å²) in [4.78, 5) is 12.2. The maximum atomic E-state index is 12.1. The highest BCUT2D eigenvalue weighted by molar-refractivity contribution is 7.91. The summed E-state index contributed by atoms with van der Waals surface area (Å²) in [6.45, 7) is 0.438.